The maximum absolute atomic E-state index is 8.62. The number of rotatable bonds is 2. The summed E-state index contributed by atoms with van der Waals surface area (Å²) >= 11 is 0. The molecule has 15 heavy (non-hydrogen) atoms. The lowest BCUT2D eigenvalue weighted by Gasteiger charge is -2.25. The van der Waals surface area contributed by atoms with Crippen LogP contribution in [0.2, 0.25) is 0 Å². The summed E-state index contributed by atoms with van der Waals surface area (Å²) < 4.78 is 0. The second kappa shape index (κ2) is 3.87. The van der Waals surface area contributed by atoms with Crippen LogP contribution in [0.4, 0.5) is 5.69 Å². The van der Waals surface area contributed by atoms with E-state index < -0.39 is 0 Å². The van der Waals surface area contributed by atoms with Crippen LogP contribution in [-0.2, 0) is 0 Å². The van der Waals surface area contributed by atoms with E-state index >= 15 is 0 Å². The molecule has 0 saturated carbocycles. The van der Waals surface area contributed by atoms with Crippen molar-refractivity contribution in [3.63, 3.8) is 0 Å². The molecule has 0 radical (unpaired) electrons. The van der Waals surface area contributed by atoms with Gasteiger partial charge >= 0.3 is 0 Å². The molecule has 0 spiro atoms. The molecule has 1 fully saturated rings. The lowest BCUT2D eigenvalue weighted by Crippen LogP contribution is -2.36. The summed E-state index contributed by atoms with van der Waals surface area (Å²) in [6.07, 6.45) is 2.81. The monoisotopic (exact) mass is 202 g/mol. The van der Waals surface area contributed by atoms with Crippen LogP contribution < -0.4 is 10.6 Å². The molecule has 1 unspecified atom stereocenters. The molecule has 1 atom stereocenters. The molecule has 0 amide bonds. The summed E-state index contributed by atoms with van der Waals surface area (Å²) in [5.41, 5.74) is 1.53. The average molecular weight is 202 g/mol. The number of nitrogens with one attached hydrogen (secondary N) is 2. The third-order valence-electron chi connectivity index (χ3n) is 2.69. The van der Waals surface area contributed by atoms with Crippen LogP contribution in [0.15, 0.2) is 18.3 Å². The lowest BCUT2D eigenvalue weighted by molar-refractivity contribution is 0.566. The first-order valence-corrected chi connectivity index (χ1v) is 5.07. The Morgan fingerprint density at radius 3 is 3.00 bits per heavy atom. The predicted octanol–water partition coefficient (Wildman–Crippen LogP) is 1.12. The molecule has 1 aliphatic rings. The zero-order chi connectivity index (χ0) is 10.7. The summed E-state index contributed by atoms with van der Waals surface area (Å²) in [6.45, 7) is 4.20. The second-order valence-corrected chi connectivity index (χ2v) is 4.16. The van der Waals surface area contributed by atoms with Gasteiger partial charge in [0, 0.05) is 12.1 Å². The third-order valence-corrected chi connectivity index (χ3v) is 2.69. The van der Waals surface area contributed by atoms with E-state index in [9.17, 15) is 0 Å². The second-order valence-electron chi connectivity index (χ2n) is 4.16. The van der Waals surface area contributed by atoms with Crippen LogP contribution in [0.3, 0.4) is 0 Å². The third kappa shape index (κ3) is 2.25. The molecule has 1 saturated heterocycles. The smallest absolute Gasteiger partial charge is 0.140 e. The van der Waals surface area contributed by atoms with Crippen LogP contribution in [0.25, 0.3) is 0 Å². The molecule has 2 rings (SSSR count). The molecule has 2 N–H and O–H groups in total. The van der Waals surface area contributed by atoms with Gasteiger partial charge in [-0.3, -0.25) is 0 Å². The highest BCUT2D eigenvalue weighted by atomic mass is 15.1. The fourth-order valence-electron chi connectivity index (χ4n) is 1.81. The number of hydrogen-bond acceptors (Lipinski definition) is 4. The fraction of sp³-hybridized carbons (Fsp3) is 0.455. The van der Waals surface area contributed by atoms with Gasteiger partial charge in [-0.15, -0.1) is 0 Å². The summed E-state index contributed by atoms with van der Waals surface area (Å²) in [5, 5.41) is 15.4. The summed E-state index contributed by atoms with van der Waals surface area (Å²) in [6, 6.07) is 5.63. The van der Waals surface area contributed by atoms with Crippen molar-refractivity contribution in [1.29, 1.82) is 5.26 Å². The fourth-order valence-corrected chi connectivity index (χ4v) is 1.81. The normalized spacial score (nSPS) is 24.8. The first-order valence-electron chi connectivity index (χ1n) is 5.07. The van der Waals surface area contributed by atoms with E-state index in [1.807, 2.05) is 12.1 Å². The average Bonchev–Trinajstić information content (AvgIpc) is 2.66. The van der Waals surface area contributed by atoms with Gasteiger partial charge < -0.3 is 10.6 Å². The summed E-state index contributed by atoms with van der Waals surface area (Å²) in [7, 11) is 0. The number of nitriles is 1. The number of aromatic nitrogens is 1. The van der Waals surface area contributed by atoms with Crippen molar-refractivity contribution >= 4 is 5.69 Å². The topological polar surface area (TPSA) is 60.7 Å². The molecular weight excluding hydrogens is 188 g/mol. The number of pyridine rings is 1. The van der Waals surface area contributed by atoms with Crippen LogP contribution in [0.1, 0.15) is 19.0 Å². The molecule has 0 bridgehead atoms. The van der Waals surface area contributed by atoms with Gasteiger partial charge in [0.05, 0.1) is 11.9 Å². The summed E-state index contributed by atoms with van der Waals surface area (Å²) in [4.78, 5) is 4.03. The number of hydrogen-bond donors (Lipinski definition) is 2. The Hall–Kier alpha value is -1.60. The lowest BCUT2D eigenvalue weighted by atomic mass is 10.0. The van der Waals surface area contributed by atoms with E-state index in [4.69, 9.17) is 5.26 Å². The maximum atomic E-state index is 8.62. The van der Waals surface area contributed by atoms with Gasteiger partial charge in [-0.2, -0.15) is 5.26 Å². The van der Waals surface area contributed by atoms with Crippen molar-refractivity contribution in [2.75, 3.05) is 18.4 Å². The Balaban J connectivity index is 2.08. The van der Waals surface area contributed by atoms with Gasteiger partial charge in [0.2, 0.25) is 0 Å². The van der Waals surface area contributed by atoms with Gasteiger partial charge in [-0.25, -0.2) is 4.98 Å². The zero-order valence-electron chi connectivity index (χ0n) is 8.75. The largest absolute Gasteiger partial charge is 0.377 e. The molecule has 1 aromatic rings. The minimum Gasteiger partial charge on any atom is -0.377 e. The minimum absolute atomic E-state index is 0.107. The molecule has 0 aromatic carbocycles. The first-order chi connectivity index (χ1) is 7.22. The van der Waals surface area contributed by atoms with Crippen molar-refractivity contribution in [3.8, 4) is 6.07 Å². The van der Waals surface area contributed by atoms with E-state index in [0.717, 1.165) is 25.2 Å². The van der Waals surface area contributed by atoms with Crippen LogP contribution in [0, 0.1) is 11.3 Å². The van der Waals surface area contributed by atoms with Gasteiger partial charge in [-0.05, 0) is 32.0 Å². The van der Waals surface area contributed by atoms with Crippen LogP contribution in [-0.4, -0.2) is 23.6 Å². The van der Waals surface area contributed by atoms with Crippen molar-refractivity contribution in [1.82, 2.24) is 10.3 Å². The zero-order valence-corrected chi connectivity index (χ0v) is 8.75. The molecule has 78 valence electrons. The minimum atomic E-state index is 0.107. The standard InChI is InChI=1S/C11H14N4/c1-11(4-5-13-8-11)15-10-3-2-9(6-12)14-7-10/h2-3,7,13,15H,4-5,8H2,1H3. The Morgan fingerprint density at radius 2 is 2.47 bits per heavy atom. The van der Waals surface area contributed by atoms with Gasteiger partial charge in [0.25, 0.3) is 0 Å². The van der Waals surface area contributed by atoms with E-state index in [2.05, 4.69) is 22.5 Å². The Morgan fingerprint density at radius 1 is 1.60 bits per heavy atom. The Labute approximate surface area is 89.3 Å². The van der Waals surface area contributed by atoms with Crippen LogP contribution in [0.5, 0.6) is 0 Å². The first kappa shape index (κ1) is 9.94. The van der Waals surface area contributed by atoms with E-state index in [1.165, 1.54) is 0 Å². The number of anilines is 1. The van der Waals surface area contributed by atoms with Crippen molar-refractivity contribution in [3.05, 3.63) is 24.0 Å². The van der Waals surface area contributed by atoms with Crippen molar-refractivity contribution < 1.29 is 0 Å². The molecule has 0 aliphatic carbocycles. The van der Waals surface area contributed by atoms with Crippen LogP contribution >= 0.6 is 0 Å². The summed E-state index contributed by atoms with van der Waals surface area (Å²) in [5.74, 6) is 0. The molecule has 1 aromatic heterocycles. The van der Waals surface area contributed by atoms with Gasteiger partial charge in [-0.1, -0.05) is 0 Å². The van der Waals surface area contributed by atoms with Crippen molar-refractivity contribution in [2.24, 2.45) is 0 Å². The highest BCUT2D eigenvalue weighted by Crippen LogP contribution is 2.20. The van der Waals surface area contributed by atoms with Crippen molar-refractivity contribution in [2.45, 2.75) is 18.9 Å². The Kier molecular flexibility index (Phi) is 2.57. The highest BCUT2D eigenvalue weighted by Gasteiger charge is 2.27. The maximum Gasteiger partial charge on any atom is 0.140 e. The van der Waals surface area contributed by atoms with Gasteiger partial charge in [0.1, 0.15) is 11.8 Å². The number of nitrogens with zero attached hydrogens (tertiary/aromatic N) is 2. The molecule has 2 heterocycles. The SMILES string of the molecule is CC1(Nc2ccc(C#N)nc2)CCNC1. The van der Waals surface area contributed by atoms with E-state index in [0.29, 0.717) is 5.69 Å². The van der Waals surface area contributed by atoms with E-state index in [-0.39, 0.29) is 5.54 Å². The quantitative estimate of drug-likeness (QED) is 0.754. The predicted molar refractivity (Wildman–Crippen MR) is 58.5 cm³/mol. The van der Waals surface area contributed by atoms with E-state index in [1.54, 1.807) is 12.3 Å². The molecule has 1 aliphatic heterocycles. The molecule has 4 nitrogen and oxygen atoms in total. The Bertz CT molecular complexity index is 371. The molecule has 4 heteroatoms. The highest BCUT2D eigenvalue weighted by molar-refractivity contribution is 5.45. The van der Waals surface area contributed by atoms with Gasteiger partial charge in [0.15, 0.2) is 0 Å². The molecular formula is C11H14N4.